The number of rotatable bonds is 4. The summed E-state index contributed by atoms with van der Waals surface area (Å²) >= 11 is 0. The van der Waals surface area contributed by atoms with Crippen LogP contribution in [0.25, 0.3) is 0 Å². The second-order valence-corrected chi connectivity index (χ2v) is 5.11. The molecule has 0 radical (unpaired) electrons. The summed E-state index contributed by atoms with van der Waals surface area (Å²) in [6, 6.07) is 10.8. The number of esters is 1. The Morgan fingerprint density at radius 2 is 1.82 bits per heavy atom. The van der Waals surface area contributed by atoms with Gasteiger partial charge in [-0.3, -0.25) is 4.79 Å². The number of aryl methyl sites for hydroxylation is 2. The van der Waals surface area contributed by atoms with Gasteiger partial charge in [0.2, 0.25) is 0 Å². The number of ether oxygens (including phenoxy) is 1. The van der Waals surface area contributed by atoms with Gasteiger partial charge in [0, 0.05) is 12.7 Å². The SMILES string of the molecule is Cc1cc(C(=O)O[C@@H](C)C(=O)N(C)c2ccccc2)c(C)o1. The summed E-state index contributed by atoms with van der Waals surface area (Å²) < 4.78 is 10.5. The maximum atomic E-state index is 12.3. The molecule has 2 aromatic rings. The quantitative estimate of drug-likeness (QED) is 0.814. The Bertz CT molecular complexity index is 675. The molecule has 116 valence electrons. The van der Waals surface area contributed by atoms with Crippen molar-refractivity contribution in [1.29, 1.82) is 0 Å². The zero-order valence-electron chi connectivity index (χ0n) is 13.1. The zero-order valence-corrected chi connectivity index (χ0v) is 13.1. The number of furan rings is 1. The van der Waals surface area contributed by atoms with E-state index in [2.05, 4.69) is 0 Å². The second-order valence-electron chi connectivity index (χ2n) is 5.11. The molecule has 1 heterocycles. The van der Waals surface area contributed by atoms with Gasteiger partial charge >= 0.3 is 5.97 Å². The molecule has 0 saturated heterocycles. The normalized spacial score (nSPS) is 11.8. The summed E-state index contributed by atoms with van der Waals surface area (Å²) in [6.45, 7) is 5.00. The summed E-state index contributed by atoms with van der Waals surface area (Å²) in [5, 5.41) is 0. The lowest BCUT2D eigenvalue weighted by Crippen LogP contribution is -2.37. The maximum Gasteiger partial charge on any atom is 0.342 e. The molecule has 0 saturated carbocycles. The Labute approximate surface area is 129 Å². The lowest BCUT2D eigenvalue weighted by atomic mass is 10.2. The number of carbonyl (C=O) groups is 2. The van der Waals surface area contributed by atoms with Crippen LogP contribution in [0, 0.1) is 13.8 Å². The van der Waals surface area contributed by atoms with Gasteiger partial charge in [0.25, 0.3) is 5.91 Å². The van der Waals surface area contributed by atoms with Crippen LogP contribution in [0.1, 0.15) is 28.8 Å². The third kappa shape index (κ3) is 3.36. The highest BCUT2D eigenvalue weighted by Gasteiger charge is 2.24. The van der Waals surface area contributed by atoms with E-state index < -0.39 is 12.1 Å². The minimum Gasteiger partial charge on any atom is -0.466 e. The van der Waals surface area contributed by atoms with Gasteiger partial charge in [0.1, 0.15) is 17.1 Å². The average molecular weight is 301 g/mol. The largest absolute Gasteiger partial charge is 0.466 e. The highest BCUT2D eigenvalue weighted by atomic mass is 16.5. The van der Waals surface area contributed by atoms with E-state index >= 15 is 0 Å². The van der Waals surface area contributed by atoms with Crippen LogP contribution < -0.4 is 4.90 Å². The summed E-state index contributed by atoms with van der Waals surface area (Å²) in [4.78, 5) is 25.9. The number of amides is 1. The predicted molar refractivity (Wildman–Crippen MR) is 82.9 cm³/mol. The van der Waals surface area contributed by atoms with Crippen LogP contribution in [-0.4, -0.2) is 25.0 Å². The van der Waals surface area contributed by atoms with Gasteiger partial charge in [0.05, 0.1) is 0 Å². The Hall–Kier alpha value is -2.56. The van der Waals surface area contributed by atoms with Gasteiger partial charge in [-0.15, -0.1) is 0 Å². The molecule has 2 rings (SSSR count). The minimum atomic E-state index is -0.882. The predicted octanol–water partition coefficient (Wildman–Crippen LogP) is 3.10. The van der Waals surface area contributed by atoms with Crippen molar-refractivity contribution in [2.45, 2.75) is 26.9 Å². The number of hydrogen-bond acceptors (Lipinski definition) is 4. The molecule has 5 heteroatoms. The molecule has 0 aliphatic rings. The smallest absolute Gasteiger partial charge is 0.342 e. The van der Waals surface area contributed by atoms with Crippen molar-refractivity contribution in [1.82, 2.24) is 0 Å². The van der Waals surface area contributed by atoms with E-state index in [0.29, 0.717) is 17.1 Å². The number of anilines is 1. The molecular formula is C17H19NO4. The van der Waals surface area contributed by atoms with Gasteiger partial charge in [-0.05, 0) is 39.0 Å². The topological polar surface area (TPSA) is 59.8 Å². The van der Waals surface area contributed by atoms with E-state index in [9.17, 15) is 9.59 Å². The molecular weight excluding hydrogens is 282 g/mol. The molecule has 1 aromatic carbocycles. The van der Waals surface area contributed by atoms with Crippen LogP contribution in [0.4, 0.5) is 5.69 Å². The number of para-hydroxylation sites is 1. The van der Waals surface area contributed by atoms with Crippen molar-refractivity contribution in [2.24, 2.45) is 0 Å². The summed E-state index contributed by atoms with van der Waals surface area (Å²) in [6.07, 6.45) is -0.882. The van der Waals surface area contributed by atoms with Crippen molar-refractivity contribution in [3.63, 3.8) is 0 Å². The first-order valence-electron chi connectivity index (χ1n) is 7.00. The number of carbonyl (C=O) groups excluding carboxylic acids is 2. The average Bonchev–Trinajstić information content (AvgIpc) is 2.85. The Balaban J connectivity index is 2.05. The number of hydrogen-bond donors (Lipinski definition) is 0. The van der Waals surface area contributed by atoms with E-state index in [-0.39, 0.29) is 5.91 Å². The fourth-order valence-electron chi connectivity index (χ4n) is 2.16. The first-order chi connectivity index (χ1) is 10.4. The lowest BCUT2D eigenvalue weighted by molar-refractivity contribution is -0.126. The molecule has 22 heavy (non-hydrogen) atoms. The molecule has 1 aromatic heterocycles. The fraction of sp³-hybridized carbons (Fsp3) is 0.294. The Morgan fingerprint density at radius 3 is 2.36 bits per heavy atom. The van der Waals surface area contributed by atoms with E-state index in [4.69, 9.17) is 9.15 Å². The van der Waals surface area contributed by atoms with Crippen LogP contribution in [0.5, 0.6) is 0 Å². The first-order valence-corrected chi connectivity index (χ1v) is 7.00. The van der Waals surface area contributed by atoms with Crippen molar-refractivity contribution in [2.75, 3.05) is 11.9 Å². The fourth-order valence-corrected chi connectivity index (χ4v) is 2.16. The molecule has 0 unspecified atom stereocenters. The molecule has 0 fully saturated rings. The standard InChI is InChI=1S/C17H19NO4/c1-11-10-15(12(2)21-11)17(20)22-13(3)16(19)18(4)14-8-6-5-7-9-14/h5-10,13H,1-4H3/t13-/m0/s1. The van der Waals surface area contributed by atoms with Crippen LogP contribution in [-0.2, 0) is 9.53 Å². The molecule has 0 aliphatic carbocycles. The Morgan fingerprint density at radius 1 is 1.18 bits per heavy atom. The third-order valence-electron chi connectivity index (χ3n) is 3.37. The number of nitrogens with zero attached hydrogens (tertiary/aromatic N) is 1. The highest BCUT2D eigenvalue weighted by molar-refractivity contribution is 5.98. The van der Waals surface area contributed by atoms with Crippen LogP contribution >= 0.6 is 0 Å². The van der Waals surface area contributed by atoms with Gasteiger partial charge in [0.15, 0.2) is 6.10 Å². The molecule has 1 amide bonds. The van der Waals surface area contributed by atoms with Crippen LogP contribution in [0.15, 0.2) is 40.8 Å². The second kappa shape index (κ2) is 6.47. The zero-order chi connectivity index (χ0) is 16.3. The van der Waals surface area contributed by atoms with E-state index in [1.165, 1.54) is 4.90 Å². The summed E-state index contributed by atoms with van der Waals surface area (Å²) in [5.74, 6) is 0.262. The van der Waals surface area contributed by atoms with Crippen LogP contribution in [0.3, 0.4) is 0 Å². The maximum absolute atomic E-state index is 12.3. The van der Waals surface area contributed by atoms with Gasteiger partial charge < -0.3 is 14.1 Å². The highest BCUT2D eigenvalue weighted by Crippen LogP contribution is 2.17. The number of benzene rings is 1. The molecule has 0 aliphatic heterocycles. The molecule has 0 N–H and O–H groups in total. The molecule has 0 bridgehead atoms. The van der Waals surface area contributed by atoms with Crippen LogP contribution in [0.2, 0.25) is 0 Å². The van der Waals surface area contributed by atoms with Crippen molar-refractivity contribution in [3.8, 4) is 0 Å². The lowest BCUT2D eigenvalue weighted by Gasteiger charge is -2.21. The van der Waals surface area contributed by atoms with E-state index in [0.717, 1.165) is 5.69 Å². The van der Waals surface area contributed by atoms with E-state index in [1.54, 1.807) is 33.9 Å². The minimum absolute atomic E-state index is 0.294. The van der Waals surface area contributed by atoms with Crippen molar-refractivity contribution >= 4 is 17.6 Å². The molecule has 1 atom stereocenters. The Kier molecular flexibility index (Phi) is 4.65. The first kappa shape index (κ1) is 15.8. The monoisotopic (exact) mass is 301 g/mol. The van der Waals surface area contributed by atoms with E-state index in [1.807, 2.05) is 30.3 Å². The summed E-state index contributed by atoms with van der Waals surface area (Å²) in [5.41, 5.74) is 1.09. The third-order valence-corrected chi connectivity index (χ3v) is 3.37. The molecule has 0 spiro atoms. The van der Waals surface area contributed by atoms with Crippen molar-refractivity contribution in [3.05, 3.63) is 53.5 Å². The summed E-state index contributed by atoms with van der Waals surface area (Å²) in [7, 11) is 1.65. The molecule has 5 nitrogen and oxygen atoms in total. The van der Waals surface area contributed by atoms with Gasteiger partial charge in [-0.25, -0.2) is 4.79 Å². The number of likely N-dealkylation sites (N-methyl/N-ethyl adjacent to an activating group) is 1. The van der Waals surface area contributed by atoms with Crippen molar-refractivity contribution < 1.29 is 18.7 Å². The van der Waals surface area contributed by atoms with Gasteiger partial charge in [-0.2, -0.15) is 0 Å². The van der Waals surface area contributed by atoms with Gasteiger partial charge in [-0.1, -0.05) is 18.2 Å².